The Kier molecular flexibility index (Phi) is 2.30. The molecule has 16 heavy (non-hydrogen) atoms. The molecule has 2 saturated heterocycles. The second-order valence-corrected chi connectivity index (χ2v) is 5.45. The molecule has 0 spiro atoms. The normalized spacial score (nSPS) is 37.6. The monoisotopic (exact) mass is 217 g/mol. The van der Waals surface area contributed by atoms with E-state index in [-0.39, 0.29) is 0 Å². The number of aryl methyl sites for hydroxylation is 1. The van der Waals surface area contributed by atoms with Crippen molar-refractivity contribution in [3.63, 3.8) is 0 Å². The number of aliphatic hydroxyl groups is 1. The number of rotatable bonds is 1. The minimum absolute atomic E-state index is 0.518. The van der Waals surface area contributed by atoms with Crippen LogP contribution >= 0.6 is 0 Å². The fourth-order valence-corrected chi connectivity index (χ4v) is 3.29. The van der Waals surface area contributed by atoms with E-state index in [0.717, 1.165) is 18.4 Å². The molecule has 2 nitrogen and oxygen atoms in total. The molecule has 1 aromatic carbocycles. The molecule has 2 unspecified atom stereocenters. The summed E-state index contributed by atoms with van der Waals surface area (Å²) in [5, 5.41) is 14.4. The van der Waals surface area contributed by atoms with E-state index in [1.165, 1.54) is 18.4 Å². The highest BCUT2D eigenvalue weighted by Crippen LogP contribution is 2.40. The molecule has 0 aliphatic carbocycles. The molecule has 0 radical (unpaired) electrons. The van der Waals surface area contributed by atoms with Gasteiger partial charge in [-0.25, -0.2) is 0 Å². The summed E-state index contributed by atoms with van der Waals surface area (Å²) in [5.74, 6) is 0. The van der Waals surface area contributed by atoms with E-state index in [2.05, 4.69) is 30.4 Å². The van der Waals surface area contributed by atoms with Crippen molar-refractivity contribution in [1.29, 1.82) is 0 Å². The third-order valence-corrected chi connectivity index (χ3v) is 4.06. The summed E-state index contributed by atoms with van der Waals surface area (Å²) >= 11 is 0. The molecule has 86 valence electrons. The van der Waals surface area contributed by atoms with Crippen molar-refractivity contribution in [2.75, 3.05) is 0 Å². The number of fused-ring (bicyclic) bond motifs is 2. The Bertz CT molecular complexity index is 389. The number of nitrogens with one attached hydrogen (secondary N) is 1. The van der Waals surface area contributed by atoms with Crippen LogP contribution in [0.25, 0.3) is 0 Å². The Morgan fingerprint density at radius 3 is 2.56 bits per heavy atom. The van der Waals surface area contributed by atoms with Gasteiger partial charge in [-0.1, -0.05) is 29.8 Å². The van der Waals surface area contributed by atoms with Crippen LogP contribution in [-0.4, -0.2) is 17.2 Å². The zero-order valence-corrected chi connectivity index (χ0v) is 9.74. The minimum Gasteiger partial charge on any atom is -0.385 e. The van der Waals surface area contributed by atoms with E-state index in [1.807, 2.05) is 6.07 Å². The van der Waals surface area contributed by atoms with Crippen molar-refractivity contribution in [1.82, 2.24) is 5.32 Å². The summed E-state index contributed by atoms with van der Waals surface area (Å²) in [5.41, 5.74) is 1.74. The molecular weight excluding hydrogens is 198 g/mol. The predicted molar refractivity (Wildman–Crippen MR) is 64.3 cm³/mol. The molecule has 0 aromatic heterocycles. The van der Waals surface area contributed by atoms with Crippen LogP contribution in [0.15, 0.2) is 24.3 Å². The SMILES string of the molecule is Cc1cccc(C2(O)CC3CCC(C2)N3)c1. The maximum absolute atomic E-state index is 10.8. The summed E-state index contributed by atoms with van der Waals surface area (Å²) in [7, 11) is 0. The van der Waals surface area contributed by atoms with E-state index in [9.17, 15) is 5.11 Å². The predicted octanol–water partition coefficient (Wildman–Crippen LogP) is 2.10. The lowest BCUT2D eigenvalue weighted by Gasteiger charge is -2.37. The van der Waals surface area contributed by atoms with Gasteiger partial charge in [-0.15, -0.1) is 0 Å². The van der Waals surface area contributed by atoms with Gasteiger partial charge in [0.1, 0.15) is 0 Å². The maximum atomic E-state index is 10.8. The van der Waals surface area contributed by atoms with E-state index in [1.54, 1.807) is 0 Å². The van der Waals surface area contributed by atoms with Gasteiger partial charge in [0.2, 0.25) is 0 Å². The highest BCUT2D eigenvalue weighted by atomic mass is 16.3. The quantitative estimate of drug-likeness (QED) is 0.755. The lowest BCUT2D eigenvalue weighted by atomic mass is 9.81. The van der Waals surface area contributed by atoms with Crippen molar-refractivity contribution in [3.05, 3.63) is 35.4 Å². The lowest BCUT2D eigenvalue weighted by molar-refractivity contribution is -0.0115. The zero-order chi connectivity index (χ0) is 11.2. The van der Waals surface area contributed by atoms with Gasteiger partial charge in [-0.3, -0.25) is 0 Å². The first kappa shape index (κ1) is 10.3. The van der Waals surface area contributed by atoms with Crippen molar-refractivity contribution in [3.8, 4) is 0 Å². The third kappa shape index (κ3) is 1.66. The third-order valence-electron chi connectivity index (χ3n) is 4.06. The van der Waals surface area contributed by atoms with Crippen molar-refractivity contribution in [2.24, 2.45) is 0 Å². The van der Waals surface area contributed by atoms with Crippen LogP contribution in [0.1, 0.15) is 36.8 Å². The van der Waals surface area contributed by atoms with Gasteiger partial charge >= 0.3 is 0 Å². The summed E-state index contributed by atoms with van der Waals surface area (Å²) in [6.45, 7) is 2.09. The van der Waals surface area contributed by atoms with E-state index in [0.29, 0.717) is 12.1 Å². The fourth-order valence-electron chi connectivity index (χ4n) is 3.29. The van der Waals surface area contributed by atoms with Gasteiger partial charge in [0.15, 0.2) is 0 Å². The van der Waals surface area contributed by atoms with Gasteiger partial charge in [-0.2, -0.15) is 0 Å². The highest BCUT2D eigenvalue weighted by Gasteiger charge is 2.43. The van der Waals surface area contributed by atoms with E-state index in [4.69, 9.17) is 0 Å². The fraction of sp³-hybridized carbons (Fsp3) is 0.571. The first-order valence-electron chi connectivity index (χ1n) is 6.21. The second kappa shape index (κ2) is 3.57. The average Bonchev–Trinajstić information content (AvgIpc) is 2.59. The number of piperidine rings is 1. The van der Waals surface area contributed by atoms with Crippen molar-refractivity contribution < 1.29 is 5.11 Å². The highest BCUT2D eigenvalue weighted by molar-refractivity contribution is 5.29. The molecule has 2 N–H and O–H groups in total. The molecule has 2 aliphatic rings. The van der Waals surface area contributed by atoms with Crippen LogP contribution in [0.4, 0.5) is 0 Å². The van der Waals surface area contributed by atoms with E-state index >= 15 is 0 Å². The van der Waals surface area contributed by atoms with Crippen LogP contribution in [0.3, 0.4) is 0 Å². The summed E-state index contributed by atoms with van der Waals surface area (Å²) < 4.78 is 0. The second-order valence-electron chi connectivity index (χ2n) is 5.45. The van der Waals surface area contributed by atoms with Gasteiger partial charge in [0.25, 0.3) is 0 Å². The number of hydrogen-bond donors (Lipinski definition) is 2. The average molecular weight is 217 g/mol. The summed E-state index contributed by atoms with van der Waals surface area (Å²) in [6.07, 6.45) is 4.18. The lowest BCUT2D eigenvalue weighted by Crippen LogP contribution is -2.46. The first-order valence-corrected chi connectivity index (χ1v) is 6.21. The largest absolute Gasteiger partial charge is 0.385 e. The Hall–Kier alpha value is -0.860. The Morgan fingerprint density at radius 2 is 1.94 bits per heavy atom. The Balaban J connectivity index is 1.93. The van der Waals surface area contributed by atoms with Crippen LogP contribution in [-0.2, 0) is 5.60 Å². The first-order chi connectivity index (χ1) is 7.66. The van der Waals surface area contributed by atoms with Crippen LogP contribution in [0, 0.1) is 6.92 Å². The smallest absolute Gasteiger partial charge is 0.0926 e. The topological polar surface area (TPSA) is 32.3 Å². The van der Waals surface area contributed by atoms with Gasteiger partial charge in [0.05, 0.1) is 5.60 Å². The molecule has 2 atom stereocenters. The van der Waals surface area contributed by atoms with Gasteiger partial charge < -0.3 is 10.4 Å². The molecule has 2 heteroatoms. The molecular formula is C14H19NO. The number of benzene rings is 1. The molecule has 2 aliphatic heterocycles. The molecule has 0 saturated carbocycles. The van der Waals surface area contributed by atoms with Crippen LogP contribution < -0.4 is 5.32 Å². The summed E-state index contributed by atoms with van der Waals surface area (Å²) in [6, 6.07) is 9.37. The Morgan fingerprint density at radius 1 is 1.25 bits per heavy atom. The van der Waals surface area contributed by atoms with Crippen LogP contribution in [0.5, 0.6) is 0 Å². The Labute approximate surface area is 96.7 Å². The molecule has 0 amide bonds. The van der Waals surface area contributed by atoms with Crippen molar-refractivity contribution >= 4 is 0 Å². The van der Waals surface area contributed by atoms with Gasteiger partial charge in [-0.05, 0) is 38.2 Å². The van der Waals surface area contributed by atoms with Gasteiger partial charge in [0, 0.05) is 12.1 Å². The number of hydrogen-bond acceptors (Lipinski definition) is 2. The van der Waals surface area contributed by atoms with Crippen molar-refractivity contribution in [2.45, 2.75) is 50.3 Å². The van der Waals surface area contributed by atoms with Crippen LogP contribution in [0.2, 0.25) is 0 Å². The molecule has 2 fully saturated rings. The minimum atomic E-state index is -0.594. The molecule has 2 heterocycles. The standard InChI is InChI=1S/C14H19NO/c1-10-3-2-4-11(7-10)14(16)8-12-5-6-13(9-14)15-12/h2-4,7,12-13,15-16H,5-6,8-9H2,1H3. The molecule has 2 bridgehead atoms. The molecule has 1 aromatic rings. The van der Waals surface area contributed by atoms with E-state index < -0.39 is 5.60 Å². The molecule has 3 rings (SSSR count). The maximum Gasteiger partial charge on any atom is 0.0926 e. The zero-order valence-electron chi connectivity index (χ0n) is 9.74. The summed E-state index contributed by atoms with van der Waals surface area (Å²) in [4.78, 5) is 0.